The maximum atomic E-state index is 11.9. The van der Waals surface area contributed by atoms with Gasteiger partial charge in [0.1, 0.15) is 12.4 Å². The standard InChI is InChI=1S/C23H20O2/c24-23-12-6-10-18-15-20(13-14-22(18)23)25-16-19-9-4-5-11-21(19)17-7-2-1-3-8-17/h1-5,7-9,11,13-15H,6,10,12,16H2. The Morgan fingerprint density at radius 2 is 1.60 bits per heavy atom. The SMILES string of the molecule is O=C1CCCc2cc(OCc3ccccc3-c3ccccc3)ccc21. The summed E-state index contributed by atoms with van der Waals surface area (Å²) in [7, 11) is 0. The Kier molecular flexibility index (Phi) is 4.34. The molecule has 3 aromatic carbocycles. The molecule has 0 spiro atoms. The second-order valence-corrected chi connectivity index (χ2v) is 6.41. The van der Waals surface area contributed by atoms with E-state index in [-0.39, 0.29) is 5.78 Å². The lowest BCUT2D eigenvalue weighted by molar-refractivity contribution is 0.0972. The third-order valence-electron chi connectivity index (χ3n) is 4.72. The van der Waals surface area contributed by atoms with Crippen LogP contribution in [0.4, 0.5) is 0 Å². The Morgan fingerprint density at radius 3 is 2.48 bits per heavy atom. The Balaban J connectivity index is 1.56. The highest BCUT2D eigenvalue weighted by atomic mass is 16.5. The van der Waals surface area contributed by atoms with Gasteiger partial charge in [-0.1, -0.05) is 54.6 Å². The lowest BCUT2D eigenvalue weighted by atomic mass is 9.90. The molecule has 0 unspecified atom stereocenters. The van der Waals surface area contributed by atoms with E-state index in [1.54, 1.807) is 0 Å². The van der Waals surface area contributed by atoms with E-state index in [0.29, 0.717) is 13.0 Å². The highest BCUT2D eigenvalue weighted by molar-refractivity contribution is 5.98. The lowest BCUT2D eigenvalue weighted by Crippen LogP contribution is -2.10. The predicted molar refractivity (Wildman–Crippen MR) is 99.9 cm³/mol. The third-order valence-corrected chi connectivity index (χ3v) is 4.72. The van der Waals surface area contributed by atoms with E-state index in [1.165, 1.54) is 11.1 Å². The van der Waals surface area contributed by atoms with Crippen LogP contribution in [0, 0.1) is 0 Å². The van der Waals surface area contributed by atoms with Gasteiger partial charge >= 0.3 is 0 Å². The molecule has 0 heterocycles. The molecule has 0 aliphatic heterocycles. The van der Waals surface area contributed by atoms with E-state index in [0.717, 1.165) is 35.3 Å². The van der Waals surface area contributed by atoms with Crippen molar-refractivity contribution in [2.75, 3.05) is 0 Å². The third kappa shape index (κ3) is 3.34. The van der Waals surface area contributed by atoms with Crippen molar-refractivity contribution in [3.05, 3.63) is 89.5 Å². The Labute approximate surface area is 148 Å². The van der Waals surface area contributed by atoms with E-state index in [4.69, 9.17) is 4.74 Å². The summed E-state index contributed by atoms with van der Waals surface area (Å²) in [6, 6.07) is 24.5. The van der Waals surface area contributed by atoms with Gasteiger partial charge in [-0.2, -0.15) is 0 Å². The highest BCUT2D eigenvalue weighted by Crippen LogP contribution is 2.28. The second-order valence-electron chi connectivity index (χ2n) is 6.41. The van der Waals surface area contributed by atoms with Crippen LogP contribution in [0.5, 0.6) is 5.75 Å². The topological polar surface area (TPSA) is 26.3 Å². The summed E-state index contributed by atoms with van der Waals surface area (Å²) in [5.41, 5.74) is 5.52. The molecule has 124 valence electrons. The molecule has 0 atom stereocenters. The fourth-order valence-corrected chi connectivity index (χ4v) is 3.42. The number of hydrogen-bond acceptors (Lipinski definition) is 2. The van der Waals surface area contributed by atoms with Gasteiger partial charge in [0.15, 0.2) is 5.78 Å². The largest absolute Gasteiger partial charge is 0.489 e. The molecule has 3 aromatic rings. The first-order valence-electron chi connectivity index (χ1n) is 8.73. The maximum Gasteiger partial charge on any atom is 0.163 e. The molecule has 1 aliphatic rings. The molecule has 2 heteroatoms. The van der Waals surface area contributed by atoms with Crippen LogP contribution < -0.4 is 4.74 Å². The first-order chi connectivity index (χ1) is 12.3. The molecule has 0 fully saturated rings. The van der Waals surface area contributed by atoms with Crippen LogP contribution in [0.25, 0.3) is 11.1 Å². The molecule has 1 aliphatic carbocycles. The number of rotatable bonds is 4. The molecule has 0 radical (unpaired) electrons. The molecule has 0 amide bonds. The average Bonchev–Trinajstić information content (AvgIpc) is 2.67. The fourth-order valence-electron chi connectivity index (χ4n) is 3.42. The quantitative estimate of drug-likeness (QED) is 0.636. The molecule has 4 rings (SSSR count). The van der Waals surface area contributed by atoms with Crippen molar-refractivity contribution in [1.29, 1.82) is 0 Å². The van der Waals surface area contributed by atoms with Crippen LogP contribution in [0.2, 0.25) is 0 Å². The number of benzene rings is 3. The van der Waals surface area contributed by atoms with E-state index in [2.05, 4.69) is 30.3 Å². The van der Waals surface area contributed by atoms with Crippen molar-refractivity contribution >= 4 is 5.78 Å². The van der Waals surface area contributed by atoms with Crippen molar-refractivity contribution in [2.24, 2.45) is 0 Å². The van der Waals surface area contributed by atoms with Crippen molar-refractivity contribution in [3.63, 3.8) is 0 Å². The minimum absolute atomic E-state index is 0.252. The fraction of sp³-hybridized carbons (Fsp3) is 0.174. The zero-order valence-corrected chi connectivity index (χ0v) is 14.1. The van der Waals surface area contributed by atoms with Crippen LogP contribution in [-0.2, 0) is 13.0 Å². The molecule has 0 aromatic heterocycles. The van der Waals surface area contributed by atoms with Crippen LogP contribution in [0.15, 0.2) is 72.8 Å². The number of carbonyl (C=O) groups excluding carboxylic acids is 1. The number of ether oxygens (including phenoxy) is 1. The summed E-state index contributed by atoms with van der Waals surface area (Å²) in [4.78, 5) is 11.9. The van der Waals surface area contributed by atoms with Gasteiger partial charge in [0.25, 0.3) is 0 Å². The van der Waals surface area contributed by atoms with Crippen LogP contribution >= 0.6 is 0 Å². The van der Waals surface area contributed by atoms with Crippen molar-refractivity contribution in [1.82, 2.24) is 0 Å². The number of carbonyl (C=O) groups is 1. The van der Waals surface area contributed by atoms with Gasteiger partial charge < -0.3 is 4.74 Å². The number of fused-ring (bicyclic) bond motifs is 1. The Bertz CT molecular complexity index is 897. The monoisotopic (exact) mass is 328 g/mol. The van der Waals surface area contributed by atoms with E-state index in [9.17, 15) is 4.79 Å². The number of ketones is 1. The van der Waals surface area contributed by atoms with Gasteiger partial charge in [0, 0.05) is 12.0 Å². The first-order valence-corrected chi connectivity index (χ1v) is 8.73. The summed E-state index contributed by atoms with van der Waals surface area (Å²) in [6.07, 6.45) is 2.56. The molecule has 0 saturated carbocycles. The van der Waals surface area contributed by atoms with Gasteiger partial charge in [0.05, 0.1) is 0 Å². The van der Waals surface area contributed by atoms with Gasteiger partial charge in [-0.15, -0.1) is 0 Å². The number of aryl methyl sites for hydroxylation is 1. The summed E-state index contributed by atoms with van der Waals surface area (Å²) >= 11 is 0. The average molecular weight is 328 g/mol. The number of Topliss-reactive ketones (excluding diaryl/α,β-unsaturated/α-hetero) is 1. The summed E-state index contributed by atoms with van der Waals surface area (Å²) in [5, 5.41) is 0. The summed E-state index contributed by atoms with van der Waals surface area (Å²) in [5.74, 6) is 1.08. The smallest absolute Gasteiger partial charge is 0.163 e. The Morgan fingerprint density at radius 1 is 0.800 bits per heavy atom. The van der Waals surface area contributed by atoms with E-state index >= 15 is 0 Å². The van der Waals surface area contributed by atoms with Crippen LogP contribution in [0.1, 0.15) is 34.3 Å². The van der Waals surface area contributed by atoms with Crippen LogP contribution in [-0.4, -0.2) is 5.78 Å². The molecular formula is C23H20O2. The maximum absolute atomic E-state index is 11.9. The summed E-state index contributed by atoms with van der Waals surface area (Å²) < 4.78 is 6.04. The zero-order chi connectivity index (χ0) is 17.1. The molecule has 25 heavy (non-hydrogen) atoms. The van der Waals surface area contributed by atoms with E-state index < -0.39 is 0 Å². The van der Waals surface area contributed by atoms with Gasteiger partial charge in [-0.05, 0) is 53.3 Å². The lowest BCUT2D eigenvalue weighted by Gasteiger charge is -2.16. The van der Waals surface area contributed by atoms with Gasteiger partial charge in [0.2, 0.25) is 0 Å². The molecule has 2 nitrogen and oxygen atoms in total. The Hall–Kier alpha value is -2.87. The van der Waals surface area contributed by atoms with Crippen molar-refractivity contribution in [3.8, 4) is 16.9 Å². The minimum atomic E-state index is 0.252. The molecule has 0 bridgehead atoms. The number of hydrogen-bond donors (Lipinski definition) is 0. The zero-order valence-electron chi connectivity index (χ0n) is 14.1. The highest BCUT2D eigenvalue weighted by Gasteiger charge is 2.17. The van der Waals surface area contributed by atoms with Gasteiger partial charge in [-0.3, -0.25) is 4.79 Å². The van der Waals surface area contributed by atoms with Gasteiger partial charge in [-0.25, -0.2) is 0 Å². The first kappa shape index (κ1) is 15.6. The summed E-state index contributed by atoms with van der Waals surface area (Å²) in [6.45, 7) is 0.512. The predicted octanol–water partition coefficient (Wildman–Crippen LogP) is 5.45. The second kappa shape index (κ2) is 6.94. The normalized spacial score (nSPS) is 13.4. The van der Waals surface area contributed by atoms with Crippen LogP contribution in [0.3, 0.4) is 0 Å². The molecule has 0 N–H and O–H groups in total. The molecular weight excluding hydrogens is 308 g/mol. The van der Waals surface area contributed by atoms with E-state index in [1.807, 2.05) is 42.5 Å². The molecule has 0 saturated heterocycles. The minimum Gasteiger partial charge on any atom is -0.489 e. The van der Waals surface area contributed by atoms with Crippen molar-refractivity contribution < 1.29 is 9.53 Å². The van der Waals surface area contributed by atoms with Crippen molar-refractivity contribution in [2.45, 2.75) is 25.9 Å².